The first-order chi connectivity index (χ1) is 9.11. The summed E-state index contributed by atoms with van der Waals surface area (Å²) in [6.07, 6.45) is 3.26. The quantitative estimate of drug-likeness (QED) is 0.885. The van der Waals surface area contributed by atoms with Crippen LogP contribution in [0.4, 0.5) is 5.69 Å². The van der Waals surface area contributed by atoms with Crippen LogP contribution in [0.3, 0.4) is 0 Å². The maximum atomic E-state index is 6.14. The second kappa shape index (κ2) is 7.00. The summed E-state index contributed by atoms with van der Waals surface area (Å²) in [5, 5.41) is 0. The van der Waals surface area contributed by atoms with Crippen LogP contribution in [0.2, 0.25) is 0 Å². The van der Waals surface area contributed by atoms with Crippen molar-refractivity contribution in [2.75, 3.05) is 23.5 Å². The lowest BCUT2D eigenvalue weighted by Crippen LogP contribution is -2.33. The van der Waals surface area contributed by atoms with E-state index in [1.807, 2.05) is 0 Å². The fraction of sp³-hybridized carbons (Fsp3) is 0.600. The normalized spacial score (nSPS) is 20.5. The first-order valence-corrected chi connectivity index (χ1v) is 8.91. The van der Waals surface area contributed by atoms with Crippen molar-refractivity contribution in [1.82, 2.24) is 0 Å². The van der Waals surface area contributed by atoms with Gasteiger partial charge in [0.25, 0.3) is 0 Å². The van der Waals surface area contributed by atoms with Gasteiger partial charge in [0, 0.05) is 35.0 Å². The van der Waals surface area contributed by atoms with Crippen molar-refractivity contribution in [3.63, 3.8) is 0 Å². The van der Waals surface area contributed by atoms with Gasteiger partial charge < -0.3 is 10.6 Å². The number of nitrogens with two attached hydrogens (primary N) is 1. The van der Waals surface area contributed by atoms with Gasteiger partial charge in [0.1, 0.15) is 0 Å². The van der Waals surface area contributed by atoms with E-state index in [0.29, 0.717) is 6.04 Å². The largest absolute Gasteiger partial charge is 0.371 e. The molecule has 0 aliphatic carbocycles. The van der Waals surface area contributed by atoms with Gasteiger partial charge in [0.2, 0.25) is 0 Å². The molecule has 2 nitrogen and oxygen atoms in total. The third-order valence-electron chi connectivity index (χ3n) is 3.88. The standard InChI is InChI=1S/C15H23BrN2S/c1-3-13(17)9-11-8-12(16)4-5-15(11)18(2)14-6-7-19-10-14/h4-5,8,13-14H,3,6-7,9-10,17H2,1-2H3. The van der Waals surface area contributed by atoms with Gasteiger partial charge in [-0.3, -0.25) is 0 Å². The fourth-order valence-corrected chi connectivity index (χ4v) is 4.19. The molecular formula is C15H23BrN2S. The molecule has 2 unspecified atom stereocenters. The lowest BCUT2D eigenvalue weighted by molar-refractivity contribution is 0.639. The Bertz CT molecular complexity index is 419. The van der Waals surface area contributed by atoms with Gasteiger partial charge in [-0.15, -0.1) is 0 Å². The second-order valence-corrected chi connectivity index (χ2v) is 7.34. The van der Waals surface area contributed by atoms with E-state index in [4.69, 9.17) is 5.73 Å². The molecule has 0 amide bonds. The van der Waals surface area contributed by atoms with Crippen LogP contribution in [0.5, 0.6) is 0 Å². The molecule has 0 saturated carbocycles. The maximum Gasteiger partial charge on any atom is 0.0400 e. The molecule has 0 bridgehead atoms. The molecule has 19 heavy (non-hydrogen) atoms. The molecule has 4 heteroatoms. The fourth-order valence-electron chi connectivity index (χ4n) is 2.51. The number of nitrogens with zero attached hydrogens (tertiary/aromatic N) is 1. The van der Waals surface area contributed by atoms with Crippen LogP contribution in [0.15, 0.2) is 22.7 Å². The Morgan fingerprint density at radius 2 is 2.32 bits per heavy atom. The van der Waals surface area contributed by atoms with Crippen LogP contribution >= 0.6 is 27.7 Å². The van der Waals surface area contributed by atoms with Crippen LogP contribution in [-0.2, 0) is 6.42 Å². The molecule has 2 N–H and O–H groups in total. The molecule has 2 rings (SSSR count). The van der Waals surface area contributed by atoms with E-state index in [2.05, 4.69) is 64.8 Å². The van der Waals surface area contributed by atoms with E-state index in [1.54, 1.807) is 0 Å². The summed E-state index contributed by atoms with van der Waals surface area (Å²) in [5.74, 6) is 2.53. The zero-order chi connectivity index (χ0) is 13.8. The van der Waals surface area contributed by atoms with Gasteiger partial charge in [-0.25, -0.2) is 0 Å². The van der Waals surface area contributed by atoms with E-state index >= 15 is 0 Å². The van der Waals surface area contributed by atoms with Crippen molar-refractivity contribution in [3.8, 4) is 0 Å². The third-order valence-corrected chi connectivity index (χ3v) is 5.52. The molecule has 1 heterocycles. The molecule has 1 aromatic rings. The summed E-state index contributed by atoms with van der Waals surface area (Å²) in [7, 11) is 2.22. The minimum absolute atomic E-state index is 0.249. The molecule has 1 aromatic carbocycles. The number of thioether (sulfide) groups is 1. The highest BCUT2D eigenvalue weighted by Gasteiger charge is 2.22. The SMILES string of the molecule is CCC(N)Cc1cc(Br)ccc1N(C)C1CCSC1. The third kappa shape index (κ3) is 3.89. The van der Waals surface area contributed by atoms with Gasteiger partial charge in [-0.2, -0.15) is 11.8 Å². The molecule has 2 atom stereocenters. The maximum absolute atomic E-state index is 6.14. The number of hydrogen-bond acceptors (Lipinski definition) is 3. The van der Waals surface area contributed by atoms with Crippen molar-refractivity contribution in [2.45, 2.75) is 38.3 Å². The smallest absolute Gasteiger partial charge is 0.0400 e. The molecule has 1 fully saturated rings. The Kier molecular flexibility index (Phi) is 5.60. The van der Waals surface area contributed by atoms with Crippen molar-refractivity contribution >= 4 is 33.4 Å². The molecule has 1 aliphatic rings. The number of anilines is 1. The summed E-state index contributed by atoms with van der Waals surface area (Å²) >= 11 is 5.63. The lowest BCUT2D eigenvalue weighted by atomic mass is 10.0. The van der Waals surface area contributed by atoms with Crippen molar-refractivity contribution in [2.24, 2.45) is 5.73 Å². The van der Waals surface area contributed by atoms with Gasteiger partial charge in [-0.05, 0) is 48.8 Å². The summed E-state index contributed by atoms with van der Waals surface area (Å²) in [6, 6.07) is 7.51. The predicted molar refractivity (Wildman–Crippen MR) is 90.2 cm³/mol. The van der Waals surface area contributed by atoms with Crippen LogP contribution in [0, 0.1) is 0 Å². The van der Waals surface area contributed by atoms with Gasteiger partial charge in [0.15, 0.2) is 0 Å². The summed E-state index contributed by atoms with van der Waals surface area (Å²) < 4.78 is 1.14. The average Bonchev–Trinajstić information content (AvgIpc) is 2.92. The summed E-state index contributed by atoms with van der Waals surface area (Å²) in [5.41, 5.74) is 8.85. The molecule has 0 spiro atoms. The first kappa shape index (κ1) is 15.2. The highest BCUT2D eigenvalue weighted by Crippen LogP contribution is 2.30. The Balaban J connectivity index is 2.22. The van der Waals surface area contributed by atoms with Crippen LogP contribution in [-0.4, -0.2) is 30.6 Å². The van der Waals surface area contributed by atoms with Crippen molar-refractivity contribution < 1.29 is 0 Å². The number of benzene rings is 1. The van der Waals surface area contributed by atoms with Crippen LogP contribution < -0.4 is 10.6 Å². The van der Waals surface area contributed by atoms with Gasteiger partial charge >= 0.3 is 0 Å². The summed E-state index contributed by atoms with van der Waals surface area (Å²) in [6.45, 7) is 2.15. The van der Waals surface area contributed by atoms with E-state index in [-0.39, 0.29) is 6.04 Å². The zero-order valence-electron chi connectivity index (χ0n) is 11.7. The summed E-state index contributed by atoms with van der Waals surface area (Å²) in [4.78, 5) is 2.45. The lowest BCUT2D eigenvalue weighted by Gasteiger charge is -2.29. The first-order valence-electron chi connectivity index (χ1n) is 6.96. The Hall–Kier alpha value is -0.190. The molecule has 0 aromatic heterocycles. The molecule has 106 valence electrons. The van der Waals surface area contributed by atoms with Crippen LogP contribution in [0.25, 0.3) is 0 Å². The van der Waals surface area contributed by atoms with E-state index in [1.165, 1.54) is 29.2 Å². The minimum atomic E-state index is 0.249. The second-order valence-electron chi connectivity index (χ2n) is 5.27. The van der Waals surface area contributed by atoms with E-state index < -0.39 is 0 Å². The van der Waals surface area contributed by atoms with Gasteiger partial charge in [-0.1, -0.05) is 22.9 Å². The van der Waals surface area contributed by atoms with Crippen molar-refractivity contribution in [3.05, 3.63) is 28.2 Å². The molecule has 1 aliphatic heterocycles. The number of rotatable bonds is 5. The zero-order valence-corrected chi connectivity index (χ0v) is 14.1. The van der Waals surface area contributed by atoms with E-state index in [9.17, 15) is 0 Å². The molecule has 0 radical (unpaired) electrons. The topological polar surface area (TPSA) is 29.3 Å². The van der Waals surface area contributed by atoms with E-state index in [0.717, 1.165) is 17.3 Å². The Morgan fingerprint density at radius 1 is 1.53 bits per heavy atom. The number of hydrogen-bond donors (Lipinski definition) is 1. The molecule has 1 saturated heterocycles. The number of halogens is 1. The minimum Gasteiger partial charge on any atom is -0.371 e. The van der Waals surface area contributed by atoms with Crippen LogP contribution in [0.1, 0.15) is 25.3 Å². The van der Waals surface area contributed by atoms with Gasteiger partial charge in [0.05, 0.1) is 0 Å². The monoisotopic (exact) mass is 342 g/mol. The predicted octanol–water partition coefficient (Wildman–Crippen LogP) is 3.67. The average molecular weight is 343 g/mol. The Labute approximate surface area is 129 Å². The molecular weight excluding hydrogens is 320 g/mol. The Morgan fingerprint density at radius 3 is 2.95 bits per heavy atom. The highest BCUT2D eigenvalue weighted by atomic mass is 79.9. The highest BCUT2D eigenvalue weighted by molar-refractivity contribution is 9.10. The van der Waals surface area contributed by atoms with Crippen molar-refractivity contribution in [1.29, 1.82) is 0 Å².